The molecule has 1 saturated heterocycles. The van der Waals surface area contributed by atoms with Gasteiger partial charge in [0.05, 0.1) is 11.1 Å². The number of aromatic nitrogens is 1. The monoisotopic (exact) mass is 532 g/mol. The van der Waals surface area contributed by atoms with Gasteiger partial charge in [0.15, 0.2) is 0 Å². The van der Waals surface area contributed by atoms with E-state index in [0.717, 1.165) is 43.8 Å². The molecule has 2 aromatic carbocycles. The molecule has 0 saturated carbocycles. The number of piperazine rings is 1. The number of halogens is 1. The third-order valence-electron chi connectivity index (χ3n) is 6.79. The van der Waals surface area contributed by atoms with Gasteiger partial charge in [-0.25, -0.2) is 0 Å². The van der Waals surface area contributed by atoms with Gasteiger partial charge in [0.1, 0.15) is 0 Å². The molecule has 6 nitrogen and oxygen atoms in total. The number of rotatable bonds is 3. The van der Waals surface area contributed by atoms with Crippen LogP contribution in [0.2, 0.25) is 0 Å². The number of fused-ring (bicyclic) bond motifs is 1. The first kappa shape index (κ1) is 23.6. The van der Waals surface area contributed by atoms with E-state index in [1.807, 2.05) is 67.3 Å². The van der Waals surface area contributed by atoms with Crippen molar-refractivity contribution in [3.63, 3.8) is 0 Å². The van der Waals surface area contributed by atoms with Crippen molar-refractivity contribution in [1.29, 1.82) is 0 Å². The second-order valence-corrected chi connectivity index (χ2v) is 10.5. The molecule has 35 heavy (non-hydrogen) atoms. The van der Waals surface area contributed by atoms with Crippen LogP contribution in [0.25, 0.3) is 22.8 Å². The predicted molar refractivity (Wildman–Crippen MR) is 144 cm³/mol. The van der Waals surface area contributed by atoms with Crippen molar-refractivity contribution in [2.24, 2.45) is 0 Å². The molecule has 2 aliphatic rings. The van der Waals surface area contributed by atoms with E-state index in [2.05, 4.69) is 45.4 Å². The number of H-pyrrole nitrogens is 1. The standard InChI is InChI=1S/C28H29BrN4O2/c1-15-13-33(14-16(2)30-15)28(35)25-17(3)24(31-18(25)4)12-22-26-21(19-7-5-8-20(29)11-19)9-6-10-23(26)32-27(22)34/h5-12,15-16,30-31H,13-14H2,1-4H3,(H,32,34)/t15-,16-/m0/s1. The molecule has 3 N–H and O–H groups in total. The molecular formula is C28H29BrN4O2. The van der Waals surface area contributed by atoms with E-state index in [0.29, 0.717) is 24.2 Å². The van der Waals surface area contributed by atoms with Gasteiger partial charge in [-0.05, 0) is 68.7 Å². The topological polar surface area (TPSA) is 77.2 Å². The number of carbonyl (C=O) groups excluding carboxylic acids is 2. The fraction of sp³-hybridized carbons (Fsp3) is 0.286. The summed E-state index contributed by atoms with van der Waals surface area (Å²) < 4.78 is 0.978. The van der Waals surface area contributed by atoms with E-state index in [-0.39, 0.29) is 23.9 Å². The van der Waals surface area contributed by atoms with Crippen LogP contribution in [0.15, 0.2) is 46.9 Å². The van der Waals surface area contributed by atoms with Gasteiger partial charge in [0.2, 0.25) is 0 Å². The summed E-state index contributed by atoms with van der Waals surface area (Å²) >= 11 is 3.55. The van der Waals surface area contributed by atoms with E-state index >= 15 is 0 Å². The number of hydrogen-bond acceptors (Lipinski definition) is 3. The smallest absolute Gasteiger partial charge is 0.256 e. The first-order chi connectivity index (χ1) is 16.7. The number of hydrogen-bond donors (Lipinski definition) is 3. The number of amides is 2. The van der Waals surface area contributed by atoms with Crippen LogP contribution in [0.4, 0.5) is 5.69 Å². The zero-order chi connectivity index (χ0) is 24.9. The Kier molecular flexibility index (Phi) is 6.15. The van der Waals surface area contributed by atoms with Gasteiger partial charge in [-0.1, -0.05) is 40.2 Å². The van der Waals surface area contributed by atoms with Gasteiger partial charge in [-0.3, -0.25) is 9.59 Å². The maximum Gasteiger partial charge on any atom is 0.256 e. The highest BCUT2D eigenvalue weighted by Crippen LogP contribution is 2.41. The summed E-state index contributed by atoms with van der Waals surface area (Å²) in [5.41, 5.74) is 7.41. The lowest BCUT2D eigenvalue weighted by atomic mass is 9.94. The average Bonchev–Trinajstić information content (AvgIpc) is 3.27. The predicted octanol–water partition coefficient (Wildman–Crippen LogP) is 5.38. The Hall–Kier alpha value is -3.16. The number of benzene rings is 2. The molecule has 0 aliphatic carbocycles. The van der Waals surface area contributed by atoms with E-state index in [1.165, 1.54) is 0 Å². The average molecular weight is 533 g/mol. The van der Waals surface area contributed by atoms with Gasteiger partial charge in [-0.15, -0.1) is 0 Å². The Morgan fingerprint density at radius 3 is 2.51 bits per heavy atom. The molecule has 2 aliphatic heterocycles. The summed E-state index contributed by atoms with van der Waals surface area (Å²) in [6.07, 6.45) is 1.88. The van der Waals surface area contributed by atoms with E-state index in [4.69, 9.17) is 0 Å². The molecule has 2 amide bonds. The third kappa shape index (κ3) is 4.34. The molecule has 0 unspecified atom stereocenters. The van der Waals surface area contributed by atoms with Gasteiger partial charge in [0.25, 0.3) is 11.8 Å². The Morgan fingerprint density at radius 2 is 1.80 bits per heavy atom. The zero-order valence-electron chi connectivity index (χ0n) is 20.3. The van der Waals surface area contributed by atoms with Crippen LogP contribution in [-0.2, 0) is 4.79 Å². The van der Waals surface area contributed by atoms with Crippen molar-refractivity contribution >= 4 is 45.1 Å². The van der Waals surface area contributed by atoms with Crippen LogP contribution in [0.1, 0.15) is 46.7 Å². The fourth-order valence-electron chi connectivity index (χ4n) is 5.32. The molecule has 2 atom stereocenters. The molecule has 1 aromatic heterocycles. The number of aromatic amines is 1. The Morgan fingerprint density at radius 1 is 1.09 bits per heavy atom. The van der Waals surface area contributed by atoms with Crippen LogP contribution in [0.3, 0.4) is 0 Å². The fourth-order valence-corrected chi connectivity index (χ4v) is 5.72. The highest BCUT2D eigenvalue weighted by Gasteiger charge is 2.31. The van der Waals surface area contributed by atoms with Gasteiger partial charge >= 0.3 is 0 Å². The highest BCUT2D eigenvalue weighted by atomic mass is 79.9. The SMILES string of the molecule is Cc1[nH]c(C=C2C(=O)Nc3cccc(-c4cccc(Br)c4)c32)c(C)c1C(=O)N1C[C@H](C)N[C@@H](C)C1. The molecular weight excluding hydrogens is 504 g/mol. The summed E-state index contributed by atoms with van der Waals surface area (Å²) in [4.78, 5) is 31.8. The quantitative estimate of drug-likeness (QED) is 0.396. The van der Waals surface area contributed by atoms with Crippen molar-refractivity contribution < 1.29 is 9.59 Å². The largest absolute Gasteiger partial charge is 0.358 e. The zero-order valence-corrected chi connectivity index (χ0v) is 21.9. The second-order valence-electron chi connectivity index (χ2n) is 9.59. The summed E-state index contributed by atoms with van der Waals surface area (Å²) in [5.74, 6) is -0.112. The molecule has 1 fully saturated rings. The Labute approximate surface area is 213 Å². The van der Waals surface area contributed by atoms with Gasteiger partial charge in [0, 0.05) is 52.3 Å². The van der Waals surface area contributed by atoms with E-state index < -0.39 is 0 Å². The molecule has 180 valence electrons. The lowest BCUT2D eigenvalue weighted by Gasteiger charge is -2.36. The number of aryl methyl sites for hydroxylation is 1. The normalized spacial score (nSPS) is 20.8. The lowest BCUT2D eigenvalue weighted by molar-refractivity contribution is -0.110. The Balaban J connectivity index is 1.56. The molecule has 5 rings (SSSR count). The summed E-state index contributed by atoms with van der Waals surface area (Å²) in [6.45, 7) is 9.42. The maximum absolute atomic E-state index is 13.5. The molecule has 7 heteroatoms. The summed E-state index contributed by atoms with van der Waals surface area (Å²) in [7, 11) is 0. The molecule has 3 heterocycles. The molecule has 0 bridgehead atoms. The van der Waals surface area contributed by atoms with Crippen molar-refractivity contribution in [3.8, 4) is 11.1 Å². The minimum absolute atomic E-state index is 0.0344. The van der Waals surface area contributed by atoms with Gasteiger partial charge in [-0.2, -0.15) is 0 Å². The van der Waals surface area contributed by atoms with Crippen molar-refractivity contribution in [2.75, 3.05) is 18.4 Å². The van der Waals surface area contributed by atoms with Crippen molar-refractivity contribution in [2.45, 2.75) is 39.8 Å². The maximum atomic E-state index is 13.5. The molecule has 0 spiro atoms. The molecule has 0 radical (unpaired) electrons. The molecule has 3 aromatic rings. The first-order valence-corrected chi connectivity index (χ1v) is 12.7. The number of nitrogens with one attached hydrogen (secondary N) is 3. The van der Waals surface area contributed by atoms with Crippen LogP contribution in [0.5, 0.6) is 0 Å². The second kappa shape index (κ2) is 9.13. The van der Waals surface area contributed by atoms with Crippen LogP contribution >= 0.6 is 15.9 Å². The first-order valence-electron chi connectivity index (χ1n) is 11.9. The highest BCUT2D eigenvalue weighted by molar-refractivity contribution is 9.10. The van der Waals surface area contributed by atoms with E-state index in [1.54, 1.807) is 0 Å². The lowest BCUT2D eigenvalue weighted by Crippen LogP contribution is -2.55. The van der Waals surface area contributed by atoms with Crippen LogP contribution < -0.4 is 10.6 Å². The van der Waals surface area contributed by atoms with Crippen LogP contribution in [-0.4, -0.2) is 46.9 Å². The van der Waals surface area contributed by atoms with Crippen LogP contribution in [0, 0.1) is 13.8 Å². The minimum Gasteiger partial charge on any atom is -0.358 e. The number of carbonyl (C=O) groups is 2. The van der Waals surface area contributed by atoms with Crippen molar-refractivity contribution in [1.82, 2.24) is 15.2 Å². The van der Waals surface area contributed by atoms with E-state index in [9.17, 15) is 9.59 Å². The van der Waals surface area contributed by atoms with Gasteiger partial charge < -0.3 is 20.5 Å². The van der Waals surface area contributed by atoms with Crippen molar-refractivity contribution in [3.05, 3.63) is 75.0 Å². The number of nitrogens with zero attached hydrogens (tertiary/aromatic N) is 1. The summed E-state index contributed by atoms with van der Waals surface area (Å²) in [6, 6.07) is 14.5. The summed E-state index contributed by atoms with van der Waals surface area (Å²) in [5, 5.41) is 6.48. The number of anilines is 1. The third-order valence-corrected chi connectivity index (χ3v) is 7.28. The minimum atomic E-state index is -0.147. The Bertz CT molecular complexity index is 1360.